The molecule has 25 heavy (non-hydrogen) atoms. The summed E-state index contributed by atoms with van der Waals surface area (Å²) in [6.07, 6.45) is 1.09. The molecular weight excluding hydrogens is 369 g/mol. The summed E-state index contributed by atoms with van der Waals surface area (Å²) in [5, 5.41) is 0. The van der Waals surface area contributed by atoms with Gasteiger partial charge in [0.2, 0.25) is 10.0 Å². The molecule has 0 fully saturated rings. The van der Waals surface area contributed by atoms with Crippen LogP contribution < -0.4 is 9.46 Å². The zero-order valence-corrected chi connectivity index (χ0v) is 15.5. The number of sulfone groups is 1. The Hall–Kier alpha value is -1.97. The zero-order chi connectivity index (χ0) is 18.8. The lowest BCUT2D eigenvalue weighted by molar-refractivity contribution is 0.400. The average Bonchev–Trinajstić information content (AvgIpc) is 2.53. The molecule has 1 atom stereocenters. The summed E-state index contributed by atoms with van der Waals surface area (Å²) in [5.41, 5.74) is 0.561. The van der Waals surface area contributed by atoms with Crippen molar-refractivity contribution in [2.45, 2.75) is 22.8 Å². The number of methoxy groups -OCH3 is 1. The topological polar surface area (TPSA) is 89.5 Å². The van der Waals surface area contributed by atoms with Gasteiger partial charge in [-0.05, 0) is 42.8 Å². The van der Waals surface area contributed by atoms with Gasteiger partial charge in [-0.15, -0.1) is 0 Å². The van der Waals surface area contributed by atoms with Crippen molar-refractivity contribution < 1.29 is 26.0 Å². The SMILES string of the molecule is COc1ccc(F)cc1S(=O)(=O)NC(C)c1ccc(S(C)(=O)=O)cc1. The number of ether oxygens (including phenoxy) is 1. The van der Waals surface area contributed by atoms with Gasteiger partial charge >= 0.3 is 0 Å². The maximum atomic E-state index is 13.4. The van der Waals surface area contributed by atoms with E-state index in [0.29, 0.717) is 5.56 Å². The lowest BCUT2D eigenvalue weighted by Gasteiger charge is -2.16. The number of rotatable bonds is 6. The standard InChI is InChI=1S/C16H18FNO5S2/c1-11(12-4-7-14(8-5-12)24(3,19)20)18-25(21,22)16-10-13(17)6-9-15(16)23-2/h4-11,18H,1-3H3. The van der Waals surface area contributed by atoms with E-state index in [9.17, 15) is 21.2 Å². The minimum atomic E-state index is -4.04. The van der Waals surface area contributed by atoms with Crippen LogP contribution in [-0.2, 0) is 19.9 Å². The van der Waals surface area contributed by atoms with Crippen LogP contribution >= 0.6 is 0 Å². The molecule has 0 aliphatic rings. The molecular formula is C16H18FNO5S2. The maximum absolute atomic E-state index is 13.4. The Balaban J connectivity index is 2.30. The van der Waals surface area contributed by atoms with Gasteiger partial charge in [-0.2, -0.15) is 0 Å². The first kappa shape index (κ1) is 19.4. The highest BCUT2D eigenvalue weighted by molar-refractivity contribution is 7.90. The minimum absolute atomic E-state index is 0.0218. The summed E-state index contributed by atoms with van der Waals surface area (Å²) in [7, 11) is -6.09. The number of benzene rings is 2. The molecule has 1 N–H and O–H groups in total. The van der Waals surface area contributed by atoms with Gasteiger partial charge in [0.1, 0.15) is 16.5 Å². The fraction of sp³-hybridized carbons (Fsp3) is 0.250. The minimum Gasteiger partial charge on any atom is -0.495 e. The monoisotopic (exact) mass is 387 g/mol. The van der Waals surface area contributed by atoms with E-state index < -0.39 is 31.7 Å². The highest BCUT2D eigenvalue weighted by atomic mass is 32.2. The highest BCUT2D eigenvalue weighted by Crippen LogP contribution is 2.26. The fourth-order valence-corrected chi connectivity index (χ4v) is 4.27. The van der Waals surface area contributed by atoms with Crippen molar-refractivity contribution in [2.24, 2.45) is 0 Å². The summed E-state index contributed by atoms with van der Waals surface area (Å²) >= 11 is 0. The predicted octanol–water partition coefficient (Wildman–Crippen LogP) is 2.28. The molecule has 6 nitrogen and oxygen atoms in total. The molecule has 2 aromatic carbocycles. The van der Waals surface area contributed by atoms with Gasteiger partial charge in [-0.1, -0.05) is 12.1 Å². The molecule has 0 saturated carbocycles. The summed E-state index contributed by atoms with van der Waals surface area (Å²) in [6, 6.07) is 8.39. The van der Waals surface area contributed by atoms with Crippen LogP contribution in [0.3, 0.4) is 0 Å². The van der Waals surface area contributed by atoms with Gasteiger partial charge in [0, 0.05) is 12.3 Å². The maximum Gasteiger partial charge on any atom is 0.244 e. The van der Waals surface area contributed by atoms with Gasteiger partial charge in [0.15, 0.2) is 9.84 Å². The Labute approximate surface area is 146 Å². The molecule has 0 aliphatic heterocycles. The Morgan fingerprint density at radius 1 is 1.04 bits per heavy atom. The molecule has 0 heterocycles. The Kier molecular flexibility index (Phi) is 5.50. The molecule has 9 heteroatoms. The molecule has 2 rings (SSSR count). The van der Waals surface area contributed by atoms with E-state index in [0.717, 1.165) is 18.4 Å². The first-order valence-electron chi connectivity index (χ1n) is 7.20. The second-order valence-electron chi connectivity index (χ2n) is 5.48. The second kappa shape index (κ2) is 7.11. The van der Waals surface area contributed by atoms with Gasteiger partial charge in [-0.3, -0.25) is 0 Å². The van der Waals surface area contributed by atoms with Crippen LogP contribution in [0, 0.1) is 5.82 Å². The summed E-state index contributed by atoms with van der Waals surface area (Å²) in [6.45, 7) is 1.60. The molecule has 0 aliphatic carbocycles. The molecule has 2 aromatic rings. The zero-order valence-electron chi connectivity index (χ0n) is 13.9. The van der Waals surface area contributed by atoms with Gasteiger partial charge in [-0.25, -0.2) is 25.9 Å². The Morgan fingerprint density at radius 3 is 2.16 bits per heavy atom. The van der Waals surface area contributed by atoms with E-state index in [1.807, 2.05) is 0 Å². The first-order chi connectivity index (χ1) is 11.5. The molecule has 136 valence electrons. The molecule has 0 amide bonds. The van der Waals surface area contributed by atoms with E-state index in [-0.39, 0.29) is 15.5 Å². The van der Waals surface area contributed by atoms with Crippen LogP contribution in [0.25, 0.3) is 0 Å². The molecule has 1 unspecified atom stereocenters. The van der Waals surface area contributed by atoms with Crippen molar-refractivity contribution >= 4 is 19.9 Å². The third-order valence-electron chi connectivity index (χ3n) is 3.56. The molecule has 0 bridgehead atoms. The van der Waals surface area contributed by atoms with Crippen LogP contribution in [-0.4, -0.2) is 30.2 Å². The van der Waals surface area contributed by atoms with Crippen molar-refractivity contribution in [3.8, 4) is 5.75 Å². The second-order valence-corrected chi connectivity index (χ2v) is 9.18. The molecule has 0 saturated heterocycles. The van der Waals surface area contributed by atoms with E-state index in [4.69, 9.17) is 4.74 Å². The normalized spacial score (nSPS) is 13.4. The molecule has 0 aromatic heterocycles. The quantitative estimate of drug-likeness (QED) is 0.821. The summed E-state index contributed by atoms with van der Waals surface area (Å²) in [4.78, 5) is -0.173. The number of sulfonamides is 1. The van der Waals surface area contributed by atoms with E-state index >= 15 is 0 Å². The Bertz CT molecular complexity index is 970. The van der Waals surface area contributed by atoms with Crippen molar-refractivity contribution in [2.75, 3.05) is 13.4 Å². The number of halogens is 1. The van der Waals surface area contributed by atoms with E-state index in [1.165, 1.54) is 37.4 Å². The van der Waals surface area contributed by atoms with Crippen LogP contribution in [0.5, 0.6) is 5.75 Å². The summed E-state index contributed by atoms with van der Waals surface area (Å²) in [5.74, 6) is -0.681. The van der Waals surface area contributed by atoms with E-state index in [2.05, 4.69) is 4.72 Å². The van der Waals surface area contributed by atoms with Gasteiger partial charge in [0.05, 0.1) is 12.0 Å². The van der Waals surface area contributed by atoms with Crippen LogP contribution in [0.2, 0.25) is 0 Å². The Morgan fingerprint density at radius 2 is 1.64 bits per heavy atom. The molecule has 0 radical (unpaired) electrons. The number of nitrogens with one attached hydrogen (secondary N) is 1. The lowest BCUT2D eigenvalue weighted by atomic mass is 10.1. The van der Waals surface area contributed by atoms with Crippen molar-refractivity contribution in [3.05, 3.63) is 53.8 Å². The third-order valence-corrected chi connectivity index (χ3v) is 6.25. The van der Waals surface area contributed by atoms with Crippen LogP contribution in [0.4, 0.5) is 4.39 Å². The fourth-order valence-electron chi connectivity index (χ4n) is 2.23. The van der Waals surface area contributed by atoms with Gasteiger partial charge < -0.3 is 4.74 Å². The first-order valence-corrected chi connectivity index (χ1v) is 10.6. The average molecular weight is 387 g/mol. The van der Waals surface area contributed by atoms with Crippen molar-refractivity contribution in [1.29, 1.82) is 0 Å². The largest absolute Gasteiger partial charge is 0.495 e. The van der Waals surface area contributed by atoms with Crippen LogP contribution in [0.15, 0.2) is 52.3 Å². The predicted molar refractivity (Wildman–Crippen MR) is 91.2 cm³/mol. The lowest BCUT2D eigenvalue weighted by Crippen LogP contribution is -2.27. The third kappa shape index (κ3) is 4.56. The number of hydrogen-bond acceptors (Lipinski definition) is 5. The van der Waals surface area contributed by atoms with Gasteiger partial charge in [0.25, 0.3) is 0 Å². The van der Waals surface area contributed by atoms with Crippen molar-refractivity contribution in [1.82, 2.24) is 4.72 Å². The number of hydrogen-bond donors (Lipinski definition) is 1. The van der Waals surface area contributed by atoms with Crippen molar-refractivity contribution in [3.63, 3.8) is 0 Å². The molecule has 0 spiro atoms. The van der Waals surface area contributed by atoms with E-state index in [1.54, 1.807) is 6.92 Å². The summed E-state index contributed by atoms with van der Waals surface area (Å²) < 4.78 is 68.8. The smallest absolute Gasteiger partial charge is 0.244 e. The van der Waals surface area contributed by atoms with Crippen LogP contribution in [0.1, 0.15) is 18.5 Å². The highest BCUT2D eigenvalue weighted by Gasteiger charge is 2.23.